The molecule has 0 fully saturated rings. The maximum atomic E-state index is 10.3. The Bertz CT molecular complexity index is 714. The van der Waals surface area contributed by atoms with Crippen LogP contribution in [0.2, 0.25) is 0 Å². The molecule has 4 nitrogen and oxygen atoms in total. The first-order chi connectivity index (χ1) is 10.2. The van der Waals surface area contributed by atoms with Crippen molar-refractivity contribution in [3.05, 3.63) is 66.5 Å². The number of hydrogen-bond acceptors (Lipinski definition) is 3. The van der Waals surface area contributed by atoms with Gasteiger partial charge in [-0.1, -0.05) is 42.5 Å². The molecule has 2 atom stereocenters. The number of fused-ring (bicyclic) bond motifs is 1. The van der Waals surface area contributed by atoms with Crippen LogP contribution in [-0.2, 0) is 13.0 Å². The Balaban J connectivity index is 0.00000176. The quantitative estimate of drug-likeness (QED) is 0.759. The van der Waals surface area contributed by atoms with Crippen molar-refractivity contribution in [3.8, 4) is 0 Å². The van der Waals surface area contributed by atoms with Gasteiger partial charge in [-0.3, -0.25) is 0 Å². The van der Waals surface area contributed by atoms with Gasteiger partial charge in [0.15, 0.2) is 0 Å². The van der Waals surface area contributed by atoms with Gasteiger partial charge in [0.2, 0.25) is 0 Å². The van der Waals surface area contributed by atoms with Crippen LogP contribution in [0.4, 0.5) is 0 Å². The van der Waals surface area contributed by atoms with Crippen molar-refractivity contribution in [2.75, 3.05) is 0 Å². The zero-order valence-corrected chi connectivity index (χ0v) is 13.0. The van der Waals surface area contributed by atoms with Crippen molar-refractivity contribution >= 4 is 23.4 Å². The number of nitrogens with zero attached hydrogens (tertiary/aromatic N) is 2. The number of rotatable bonds is 5. The summed E-state index contributed by atoms with van der Waals surface area (Å²) in [6, 6.07) is 17.6. The molecule has 0 aliphatic carbocycles. The Morgan fingerprint density at radius 3 is 2.50 bits per heavy atom. The number of benzene rings is 2. The van der Waals surface area contributed by atoms with Crippen molar-refractivity contribution in [2.24, 2.45) is 5.73 Å². The van der Waals surface area contributed by atoms with Crippen LogP contribution in [0.25, 0.3) is 11.0 Å². The lowest BCUT2D eigenvalue weighted by atomic mass is 10.0. The van der Waals surface area contributed by atoms with Gasteiger partial charge in [0.25, 0.3) is 0 Å². The Kier molecular flexibility index (Phi) is 5.55. The molecule has 0 amide bonds. The van der Waals surface area contributed by atoms with E-state index in [0.29, 0.717) is 13.0 Å². The number of halogens is 1. The lowest BCUT2D eigenvalue weighted by Crippen LogP contribution is -2.39. The second-order valence-corrected chi connectivity index (χ2v) is 5.31. The van der Waals surface area contributed by atoms with Crippen molar-refractivity contribution < 1.29 is 5.11 Å². The lowest BCUT2D eigenvalue weighted by Gasteiger charge is -2.19. The van der Waals surface area contributed by atoms with Crippen molar-refractivity contribution in [1.82, 2.24) is 9.55 Å². The maximum absolute atomic E-state index is 10.3. The van der Waals surface area contributed by atoms with E-state index in [-0.39, 0.29) is 18.4 Å². The highest BCUT2D eigenvalue weighted by Crippen LogP contribution is 2.13. The first kappa shape index (κ1) is 16.5. The van der Waals surface area contributed by atoms with Gasteiger partial charge >= 0.3 is 0 Å². The first-order valence-electron chi connectivity index (χ1n) is 7.11. The molecule has 0 saturated heterocycles. The number of para-hydroxylation sites is 2. The van der Waals surface area contributed by atoms with Gasteiger partial charge in [-0.25, -0.2) is 4.98 Å². The number of aliphatic hydroxyl groups is 1. The first-order valence-corrected chi connectivity index (χ1v) is 7.11. The summed E-state index contributed by atoms with van der Waals surface area (Å²) >= 11 is 0. The average molecular weight is 318 g/mol. The van der Waals surface area contributed by atoms with Gasteiger partial charge in [-0.15, -0.1) is 12.4 Å². The molecule has 0 aliphatic heterocycles. The highest BCUT2D eigenvalue weighted by atomic mass is 35.5. The maximum Gasteiger partial charge on any atom is 0.0959 e. The van der Waals surface area contributed by atoms with E-state index in [1.807, 2.05) is 59.2 Å². The zero-order valence-electron chi connectivity index (χ0n) is 12.2. The molecular formula is C17H20ClN3O. The summed E-state index contributed by atoms with van der Waals surface area (Å²) in [6.07, 6.45) is 1.81. The summed E-state index contributed by atoms with van der Waals surface area (Å²) in [6.45, 7) is 0.453. The Morgan fingerprint density at radius 1 is 1.05 bits per heavy atom. The van der Waals surface area contributed by atoms with Crippen LogP contribution >= 0.6 is 12.4 Å². The largest absolute Gasteiger partial charge is 0.390 e. The van der Waals surface area contributed by atoms with Gasteiger partial charge in [-0.2, -0.15) is 0 Å². The third-order valence-corrected chi connectivity index (χ3v) is 3.72. The van der Waals surface area contributed by atoms with Crippen molar-refractivity contribution in [3.63, 3.8) is 0 Å². The Labute approximate surface area is 136 Å². The summed E-state index contributed by atoms with van der Waals surface area (Å²) < 4.78 is 1.95. The predicted octanol–water partition coefficient (Wildman–Crippen LogP) is 2.39. The molecule has 0 bridgehead atoms. The molecule has 0 unspecified atom stereocenters. The third-order valence-electron chi connectivity index (χ3n) is 3.72. The van der Waals surface area contributed by atoms with E-state index in [9.17, 15) is 5.11 Å². The third kappa shape index (κ3) is 3.65. The minimum Gasteiger partial charge on any atom is -0.390 e. The molecule has 2 aromatic carbocycles. The molecule has 5 heteroatoms. The highest BCUT2D eigenvalue weighted by Gasteiger charge is 2.16. The van der Waals surface area contributed by atoms with Crippen LogP contribution in [-0.4, -0.2) is 26.8 Å². The van der Waals surface area contributed by atoms with E-state index in [0.717, 1.165) is 16.6 Å². The van der Waals surface area contributed by atoms with E-state index in [4.69, 9.17) is 5.73 Å². The van der Waals surface area contributed by atoms with E-state index >= 15 is 0 Å². The minimum atomic E-state index is -0.609. The molecule has 0 radical (unpaired) electrons. The van der Waals surface area contributed by atoms with Crippen molar-refractivity contribution in [2.45, 2.75) is 25.1 Å². The number of hydrogen-bond donors (Lipinski definition) is 2. The Morgan fingerprint density at radius 2 is 1.73 bits per heavy atom. The van der Waals surface area contributed by atoms with Gasteiger partial charge in [0.05, 0.1) is 30.0 Å². The van der Waals surface area contributed by atoms with E-state index in [1.54, 1.807) is 6.33 Å². The van der Waals surface area contributed by atoms with Crippen LogP contribution in [0.5, 0.6) is 0 Å². The molecule has 3 aromatic rings. The number of nitrogens with two attached hydrogens (primary N) is 1. The Hall–Kier alpha value is -1.88. The van der Waals surface area contributed by atoms with Crippen LogP contribution in [0.3, 0.4) is 0 Å². The smallest absolute Gasteiger partial charge is 0.0959 e. The van der Waals surface area contributed by atoms with Gasteiger partial charge in [0.1, 0.15) is 0 Å². The zero-order chi connectivity index (χ0) is 14.7. The lowest BCUT2D eigenvalue weighted by molar-refractivity contribution is 0.126. The summed E-state index contributed by atoms with van der Waals surface area (Å²) in [7, 11) is 0. The van der Waals surface area contributed by atoms with Crippen LogP contribution in [0.1, 0.15) is 5.56 Å². The number of aromatic nitrogens is 2. The molecule has 3 rings (SSSR count). The van der Waals surface area contributed by atoms with Crippen LogP contribution in [0, 0.1) is 0 Å². The fourth-order valence-corrected chi connectivity index (χ4v) is 2.52. The molecule has 1 heterocycles. The molecule has 3 N–H and O–H groups in total. The summed E-state index contributed by atoms with van der Waals surface area (Å²) in [5, 5.41) is 10.3. The highest BCUT2D eigenvalue weighted by molar-refractivity contribution is 5.85. The number of aliphatic hydroxyl groups excluding tert-OH is 1. The standard InChI is InChI=1S/C17H19N3O.ClH/c18-14(10-13-6-2-1-3-7-13)17(21)11-20-12-19-15-8-4-5-9-16(15)20;/h1-9,12,14,17,21H,10-11,18H2;1H/t14-,17+;/m1./s1. The predicted molar refractivity (Wildman–Crippen MR) is 91.1 cm³/mol. The molecule has 22 heavy (non-hydrogen) atoms. The van der Waals surface area contributed by atoms with Gasteiger partial charge in [0, 0.05) is 6.04 Å². The molecule has 116 valence electrons. The van der Waals surface area contributed by atoms with Crippen LogP contribution in [0.15, 0.2) is 60.9 Å². The van der Waals surface area contributed by atoms with Crippen molar-refractivity contribution in [1.29, 1.82) is 0 Å². The second-order valence-electron chi connectivity index (χ2n) is 5.31. The summed E-state index contributed by atoms with van der Waals surface area (Å²) in [5.41, 5.74) is 9.21. The van der Waals surface area contributed by atoms with Crippen LogP contribution < -0.4 is 5.73 Å². The average Bonchev–Trinajstić information content (AvgIpc) is 2.91. The molecule has 0 spiro atoms. The fourth-order valence-electron chi connectivity index (χ4n) is 2.52. The molecule has 0 saturated carbocycles. The monoisotopic (exact) mass is 317 g/mol. The summed E-state index contributed by atoms with van der Waals surface area (Å²) in [4.78, 5) is 4.33. The molecule has 1 aromatic heterocycles. The van der Waals surface area contributed by atoms with Gasteiger partial charge < -0.3 is 15.4 Å². The fraction of sp³-hybridized carbons (Fsp3) is 0.235. The van der Waals surface area contributed by atoms with E-state index in [2.05, 4.69) is 4.98 Å². The topological polar surface area (TPSA) is 64.1 Å². The van der Waals surface area contributed by atoms with E-state index < -0.39 is 6.10 Å². The molecular weight excluding hydrogens is 298 g/mol. The second kappa shape index (κ2) is 7.40. The van der Waals surface area contributed by atoms with Gasteiger partial charge in [-0.05, 0) is 24.1 Å². The normalized spacial score (nSPS) is 13.5. The minimum absolute atomic E-state index is 0. The molecule has 0 aliphatic rings. The SMILES string of the molecule is Cl.N[C@H](Cc1ccccc1)[C@@H](O)Cn1cnc2ccccc21. The number of imidazole rings is 1. The summed E-state index contributed by atoms with van der Waals surface area (Å²) in [5.74, 6) is 0. The van der Waals surface area contributed by atoms with E-state index in [1.165, 1.54) is 0 Å².